The summed E-state index contributed by atoms with van der Waals surface area (Å²) >= 11 is 0. The van der Waals surface area contributed by atoms with Crippen LogP contribution in [0, 0.1) is 5.92 Å². The van der Waals surface area contributed by atoms with Gasteiger partial charge in [-0.1, -0.05) is 18.2 Å². The lowest BCUT2D eigenvalue weighted by Gasteiger charge is -2.31. The van der Waals surface area contributed by atoms with Crippen LogP contribution >= 0.6 is 0 Å². The number of fused-ring (bicyclic) bond motifs is 1. The van der Waals surface area contributed by atoms with Gasteiger partial charge in [-0.25, -0.2) is 4.98 Å². The lowest BCUT2D eigenvalue weighted by Crippen LogP contribution is -2.46. The number of nitrogens with two attached hydrogens (primary N) is 1. The molecule has 1 aliphatic rings. The summed E-state index contributed by atoms with van der Waals surface area (Å²) < 4.78 is 7.88. The summed E-state index contributed by atoms with van der Waals surface area (Å²) in [5.41, 5.74) is 4.19. The van der Waals surface area contributed by atoms with Crippen LogP contribution in [0.15, 0.2) is 36.7 Å². The maximum Gasteiger partial charge on any atom is 0.122 e. The van der Waals surface area contributed by atoms with Crippen molar-refractivity contribution < 1.29 is 4.74 Å². The van der Waals surface area contributed by atoms with Crippen molar-refractivity contribution in [2.75, 3.05) is 6.61 Å². The van der Waals surface area contributed by atoms with Crippen LogP contribution in [0.5, 0.6) is 5.75 Å². The first-order valence-electron chi connectivity index (χ1n) is 6.91. The molecular weight excluding hydrogens is 252 g/mol. The number of rotatable bonds is 4. The Morgan fingerprint density at radius 1 is 1.50 bits per heavy atom. The molecule has 20 heavy (non-hydrogen) atoms. The second-order valence-electron chi connectivity index (χ2n) is 5.31. The van der Waals surface area contributed by atoms with E-state index in [1.165, 1.54) is 5.56 Å². The van der Waals surface area contributed by atoms with Gasteiger partial charge in [0.1, 0.15) is 11.6 Å². The van der Waals surface area contributed by atoms with Crippen molar-refractivity contribution in [3.63, 3.8) is 0 Å². The third-order valence-electron chi connectivity index (χ3n) is 4.01. The number of nitrogens with one attached hydrogen (secondary N) is 1. The molecule has 5 heteroatoms. The maximum atomic E-state index is 5.85. The summed E-state index contributed by atoms with van der Waals surface area (Å²) in [6.45, 7) is 0.691. The molecule has 0 saturated carbocycles. The van der Waals surface area contributed by atoms with Gasteiger partial charge in [0, 0.05) is 37.8 Å². The molecule has 0 fully saturated rings. The van der Waals surface area contributed by atoms with E-state index >= 15 is 0 Å². The molecule has 1 aromatic heterocycles. The Balaban J connectivity index is 1.73. The Kier molecular flexibility index (Phi) is 3.71. The van der Waals surface area contributed by atoms with Gasteiger partial charge in [-0.15, -0.1) is 0 Å². The molecule has 2 atom stereocenters. The second kappa shape index (κ2) is 5.64. The third-order valence-corrected chi connectivity index (χ3v) is 4.01. The van der Waals surface area contributed by atoms with E-state index in [0.717, 1.165) is 24.4 Å². The first-order valence-corrected chi connectivity index (χ1v) is 6.91. The number of ether oxygens (including phenoxy) is 1. The van der Waals surface area contributed by atoms with Gasteiger partial charge in [-0.2, -0.15) is 0 Å². The number of hydrogen-bond donors (Lipinski definition) is 2. The minimum Gasteiger partial charge on any atom is -0.493 e. The number of benzene rings is 1. The molecule has 1 aliphatic heterocycles. The fraction of sp³-hybridized carbons (Fsp3) is 0.400. The van der Waals surface area contributed by atoms with Crippen LogP contribution in [0.1, 0.15) is 11.4 Å². The largest absolute Gasteiger partial charge is 0.493 e. The van der Waals surface area contributed by atoms with Crippen LogP contribution in [0.25, 0.3) is 0 Å². The van der Waals surface area contributed by atoms with Gasteiger partial charge in [0.05, 0.1) is 6.61 Å². The van der Waals surface area contributed by atoms with Crippen LogP contribution < -0.4 is 16.0 Å². The highest BCUT2D eigenvalue weighted by Gasteiger charge is 2.27. The molecule has 0 bridgehead atoms. The molecule has 1 aromatic carbocycles. The zero-order valence-corrected chi connectivity index (χ0v) is 11.6. The second-order valence-corrected chi connectivity index (χ2v) is 5.31. The molecule has 106 valence electrons. The third kappa shape index (κ3) is 2.55. The highest BCUT2D eigenvalue weighted by molar-refractivity contribution is 5.35. The van der Waals surface area contributed by atoms with Crippen molar-refractivity contribution in [1.29, 1.82) is 0 Å². The van der Waals surface area contributed by atoms with Crippen molar-refractivity contribution >= 4 is 0 Å². The van der Waals surface area contributed by atoms with Gasteiger partial charge in [0.2, 0.25) is 0 Å². The van der Waals surface area contributed by atoms with Crippen molar-refractivity contribution in [3.05, 3.63) is 48.0 Å². The topological polar surface area (TPSA) is 65.1 Å². The standard InChI is InChI=1S/C15H20N4O/c1-19-7-6-17-15(19)9-13(18-16)12-8-11-4-2-3-5-14(11)20-10-12/h2-7,12-13,18H,8-10,16H2,1H3. The Morgan fingerprint density at radius 2 is 2.35 bits per heavy atom. The molecule has 0 amide bonds. The van der Waals surface area contributed by atoms with E-state index in [4.69, 9.17) is 10.6 Å². The van der Waals surface area contributed by atoms with Crippen molar-refractivity contribution in [2.45, 2.75) is 18.9 Å². The van der Waals surface area contributed by atoms with Crippen LogP contribution in [-0.4, -0.2) is 22.2 Å². The first-order chi connectivity index (χ1) is 9.78. The SMILES string of the molecule is Cn1ccnc1CC(NN)C1COc2ccccc2C1. The molecule has 0 radical (unpaired) electrons. The molecular formula is C15H20N4O. The lowest BCUT2D eigenvalue weighted by atomic mass is 9.89. The summed E-state index contributed by atoms with van der Waals surface area (Å²) in [4.78, 5) is 4.37. The Hall–Kier alpha value is -1.85. The molecule has 0 saturated heterocycles. The number of aromatic nitrogens is 2. The maximum absolute atomic E-state index is 5.85. The molecule has 2 heterocycles. The zero-order chi connectivity index (χ0) is 13.9. The fourth-order valence-corrected chi connectivity index (χ4v) is 2.76. The monoisotopic (exact) mass is 272 g/mol. The fourth-order valence-electron chi connectivity index (χ4n) is 2.76. The van der Waals surface area contributed by atoms with Crippen LogP contribution in [0.4, 0.5) is 0 Å². The smallest absolute Gasteiger partial charge is 0.122 e. The molecule has 2 unspecified atom stereocenters. The van der Waals surface area contributed by atoms with E-state index in [0.29, 0.717) is 12.5 Å². The van der Waals surface area contributed by atoms with Crippen molar-refractivity contribution in [3.8, 4) is 5.75 Å². The normalized spacial score (nSPS) is 19.2. The average molecular weight is 272 g/mol. The van der Waals surface area contributed by atoms with Crippen LogP contribution in [0.3, 0.4) is 0 Å². The number of imidazole rings is 1. The van der Waals surface area contributed by atoms with Gasteiger partial charge in [-0.3, -0.25) is 11.3 Å². The molecule has 3 N–H and O–H groups in total. The predicted octanol–water partition coefficient (Wildman–Crippen LogP) is 1.05. The van der Waals surface area contributed by atoms with E-state index in [1.54, 1.807) is 0 Å². The molecule has 2 aromatic rings. The van der Waals surface area contributed by atoms with Crippen LogP contribution in [-0.2, 0) is 19.9 Å². The zero-order valence-electron chi connectivity index (χ0n) is 11.6. The number of hydrogen-bond acceptors (Lipinski definition) is 4. The van der Waals surface area contributed by atoms with E-state index in [-0.39, 0.29) is 6.04 Å². The van der Waals surface area contributed by atoms with E-state index in [2.05, 4.69) is 16.5 Å². The van der Waals surface area contributed by atoms with E-state index in [1.807, 2.05) is 42.2 Å². The summed E-state index contributed by atoms with van der Waals surface area (Å²) in [6.07, 6.45) is 5.55. The number of para-hydroxylation sites is 1. The number of hydrazine groups is 1. The lowest BCUT2D eigenvalue weighted by molar-refractivity contribution is 0.182. The van der Waals surface area contributed by atoms with Gasteiger partial charge in [0.15, 0.2) is 0 Å². The summed E-state index contributed by atoms with van der Waals surface area (Å²) in [7, 11) is 2.00. The minimum atomic E-state index is 0.157. The Bertz CT molecular complexity index is 581. The Morgan fingerprint density at radius 3 is 3.10 bits per heavy atom. The summed E-state index contributed by atoms with van der Waals surface area (Å²) in [6, 6.07) is 8.36. The average Bonchev–Trinajstić information content (AvgIpc) is 2.89. The predicted molar refractivity (Wildman–Crippen MR) is 77.2 cm³/mol. The summed E-state index contributed by atoms with van der Waals surface area (Å²) in [5, 5.41) is 0. The molecule has 5 nitrogen and oxygen atoms in total. The van der Waals surface area contributed by atoms with Crippen molar-refractivity contribution in [2.24, 2.45) is 18.8 Å². The van der Waals surface area contributed by atoms with Gasteiger partial charge in [-0.05, 0) is 18.1 Å². The summed E-state index contributed by atoms with van der Waals surface area (Å²) in [5.74, 6) is 8.13. The van der Waals surface area contributed by atoms with Gasteiger partial charge < -0.3 is 9.30 Å². The molecule has 0 spiro atoms. The number of aryl methyl sites for hydroxylation is 1. The van der Waals surface area contributed by atoms with Gasteiger partial charge in [0.25, 0.3) is 0 Å². The van der Waals surface area contributed by atoms with Crippen LogP contribution in [0.2, 0.25) is 0 Å². The highest BCUT2D eigenvalue weighted by Crippen LogP contribution is 2.28. The van der Waals surface area contributed by atoms with Crippen molar-refractivity contribution in [1.82, 2.24) is 15.0 Å². The van der Waals surface area contributed by atoms with E-state index in [9.17, 15) is 0 Å². The van der Waals surface area contributed by atoms with E-state index < -0.39 is 0 Å². The Labute approximate surface area is 118 Å². The minimum absolute atomic E-state index is 0.157. The number of nitrogens with zero attached hydrogens (tertiary/aromatic N) is 2. The quantitative estimate of drug-likeness (QED) is 0.645. The molecule has 3 rings (SSSR count). The molecule has 0 aliphatic carbocycles. The van der Waals surface area contributed by atoms with Gasteiger partial charge >= 0.3 is 0 Å². The highest BCUT2D eigenvalue weighted by atomic mass is 16.5. The first kappa shape index (κ1) is 13.1.